The summed E-state index contributed by atoms with van der Waals surface area (Å²) in [6, 6.07) is 5.22. The molecular formula is C47H57N3O13. The van der Waals surface area contributed by atoms with Gasteiger partial charge in [0.1, 0.15) is 46.9 Å². The van der Waals surface area contributed by atoms with Gasteiger partial charge in [0.15, 0.2) is 11.3 Å². The first-order chi connectivity index (χ1) is 29.8. The molecule has 0 saturated heterocycles. The third-order valence-electron chi connectivity index (χ3n) is 11.8. The molecule has 1 aliphatic carbocycles. The Hall–Kier alpha value is -5.81. The van der Waals surface area contributed by atoms with Crippen molar-refractivity contribution in [2.24, 2.45) is 17.8 Å². The molecule has 2 aromatic carbocycles. The lowest BCUT2D eigenvalue weighted by Gasteiger charge is -2.35. The topological polar surface area (TPSA) is 225 Å². The fourth-order valence-corrected chi connectivity index (χ4v) is 7.95. The number of fused-ring (bicyclic) bond motifs is 2. The van der Waals surface area contributed by atoms with Crippen molar-refractivity contribution in [1.29, 1.82) is 0 Å². The smallest absolute Gasteiger partial charge is 0.312 e. The van der Waals surface area contributed by atoms with Gasteiger partial charge in [-0.25, -0.2) is 4.98 Å². The number of nitrogens with one attached hydrogen (secondary N) is 2. The Morgan fingerprint density at radius 3 is 2.48 bits per heavy atom. The van der Waals surface area contributed by atoms with Crippen molar-refractivity contribution in [3.8, 4) is 28.7 Å². The predicted octanol–water partition coefficient (Wildman–Crippen LogP) is 6.08. The maximum absolute atomic E-state index is 14.7. The van der Waals surface area contributed by atoms with Gasteiger partial charge in [0.05, 0.1) is 35.5 Å². The summed E-state index contributed by atoms with van der Waals surface area (Å²) in [6.07, 6.45) is 3.57. The van der Waals surface area contributed by atoms with Crippen LogP contribution in [0.1, 0.15) is 77.7 Å². The molecule has 5 N–H and O–H groups in total. The lowest BCUT2D eigenvalue weighted by molar-refractivity contribution is -0.158. The van der Waals surface area contributed by atoms with Gasteiger partial charge in [-0.05, 0) is 32.1 Å². The van der Waals surface area contributed by atoms with Crippen LogP contribution in [0.4, 0.5) is 5.69 Å². The lowest BCUT2D eigenvalue weighted by Crippen LogP contribution is -2.43. The zero-order valence-corrected chi connectivity index (χ0v) is 37.2. The molecule has 338 valence electrons. The summed E-state index contributed by atoms with van der Waals surface area (Å²) in [5.41, 5.74) is -0.574. The molecule has 16 heteroatoms. The van der Waals surface area contributed by atoms with Gasteiger partial charge in [-0.1, -0.05) is 52.8 Å². The minimum Gasteiger partial charge on any atom is -0.507 e. The number of carbonyl (C=O) groups is 3. The molecule has 1 amide bonds. The van der Waals surface area contributed by atoms with Crippen molar-refractivity contribution >= 4 is 45.2 Å². The number of methoxy groups -OCH3 is 1. The third-order valence-corrected chi connectivity index (χ3v) is 11.8. The van der Waals surface area contributed by atoms with E-state index in [4.69, 9.17) is 33.1 Å². The van der Waals surface area contributed by atoms with Crippen molar-refractivity contribution in [2.45, 2.75) is 105 Å². The summed E-state index contributed by atoms with van der Waals surface area (Å²) < 4.78 is 36.1. The summed E-state index contributed by atoms with van der Waals surface area (Å²) >= 11 is 0. The number of ketones is 1. The van der Waals surface area contributed by atoms with Crippen LogP contribution in [0.3, 0.4) is 0 Å². The first-order valence-electron chi connectivity index (χ1n) is 21.0. The summed E-state index contributed by atoms with van der Waals surface area (Å²) in [6.45, 7) is 15.8. The predicted molar refractivity (Wildman–Crippen MR) is 235 cm³/mol. The van der Waals surface area contributed by atoms with Crippen LogP contribution >= 0.6 is 0 Å². The number of nitrogens with zero attached hydrogens (tertiary/aromatic N) is 1. The molecule has 0 spiro atoms. The van der Waals surface area contributed by atoms with E-state index in [-0.39, 0.29) is 68.4 Å². The number of aromatic nitrogens is 1. The normalized spacial score (nSPS) is 27.8. The van der Waals surface area contributed by atoms with Crippen LogP contribution in [-0.4, -0.2) is 94.5 Å². The largest absolute Gasteiger partial charge is 0.507 e. The molecule has 6 rings (SSSR count). The Labute approximate surface area is 365 Å². The van der Waals surface area contributed by atoms with E-state index >= 15 is 0 Å². The van der Waals surface area contributed by atoms with Gasteiger partial charge < -0.3 is 54.1 Å². The van der Waals surface area contributed by atoms with Crippen LogP contribution in [0.5, 0.6) is 17.2 Å². The van der Waals surface area contributed by atoms with E-state index in [1.807, 2.05) is 13.8 Å². The van der Waals surface area contributed by atoms with Gasteiger partial charge in [0, 0.05) is 80.3 Å². The Kier molecular flexibility index (Phi) is 14.0. The number of allylic oxidation sites excluding steroid dienone is 2. The zero-order chi connectivity index (χ0) is 46.1. The number of phenols is 1. The number of esters is 1. The molecule has 0 fully saturated rings. The molecule has 0 aromatic heterocycles. The second-order valence-electron chi connectivity index (χ2n) is 16.8. The van der Waals surface area contributed by atoms with Gasteiger partial charge in [0.25, 0.3) is 11.7 Å². The number of hydrogen-bond donors (Lipinski definition) is 5. The van der Waals surface area contributed by atoms with Crippen LogP contribution in [0.2, 0.25) is 0 Å². The van der Waals surface area contributed by atoms with Crippen LogP contribution in [0, 0.1) is 24.7 Å². The van der Waals surface area contributed by atoms with E-state index in [0.717, 1.165) is 0 Å². The number of hydrogen-bond acceptors (Lipinski definition) is 15. The van der Waals surface area contributed by atoms with E-state index in [1.54, 1.807) is 51.1 Å². The fraction of sp³-hybridized carbons (Fsp3) is 0.468. The Morgan fingerprint density at radius 2 is 1.79 bits per heavy atom. The number of aliphatic hydroxyl groups is 2. The highest BCUT2D eigenvalue weighted by molar-refractivity contribution is 6.22. The van der Waals surface area contributed by atoms with Gasteiger partial charge in [-0.3, -0.25) is 19.2 Å². The Morgan fingerprint density at radius 1 is 1.06 bits per heavy atom. The van der Waals surface area contributed by atoms with E-state index in [2.05, 4.69) is 10.6 Å². The van der Waals surface area contributed by atoms with Crippen LogP contribution < -0.4 is 25.5 Å². The highest BCUT2D eigenvalue weighted by Crippen LogP contribution is 2.50. The molecule has 2 aromatic rings. The standard InChI is InChI=1S/C47H57N3O13/c1-22(2)48-17-19-59-29-14-15-30-34(20-29)62-44-38(49-30)35-36-40(54)27(7)43-37(35)45(56)47(9,63-43)60-18-16-33(58-10)26(6)42(61-28(8)51)25(5)32(53)21-31(52)23(3)12-11-13-24(4)46(57)50-39(44)41(36)55/h11-16,18,20,22-23,25-26,31-33,42,48,52-54H,17,19,21H2,1-10H3,(H,50,57)/b12-11+,18-16+,24-13-/t23-,25+,26+,31+,32+,33-,42-,47-/m0/s1. The number of ether oxygens (including phenoxy) is 5. The van der Waals surface area contributed by atoms with Crippen molar-refractivity contribution in [1.82, 2.24) is 10.3 Å². The van der Waals surface area contributed by atoms with Crippen molar-refractivity contribution in [3.63, 3.8) is 0 Å². The SMILES string of the molecule is CO[C@H]1/C=C/O[C@@]2(C)Oc3c(C)c(O)c4c(=O)c(c5oc6cc(OCCNC(C)C)ccc6nc-5c4c3C2=O)NC(=O)/C(C)=C\C=C\[C@H](C)[C@H](O)C[C@@H](O)[C@@H](C)[C@H](OC(C)=O)[C@@H]1C. The monoisotopic (exact) mass is 871 g/mol. The average Bonchev–Trinajstić information content (AvgIpc) is 3.50. The highest BCUT2D eigenvalue weighted by atomic mass is 16.7. The molecule has 8 atom stereocenters. The Bertz CT molecular complexity index is 2530. The van der Waals surface area contributed by atoms with E-state index in [0.29, 0.717) is 24.4 Å². The maximum atomic E-state index is 14.7. The molecule has 4 bridgehead atoms. The fourth-order valence-electron chi connectivity index (χ4n) is 7.95. The van der Waals surface area contributed by atoms with Crippen LogP contribution in [0.15, 0.2) is 63.6 Å². The molecule has 63 heavy (non-hydrogen) atoms. The number of rotatable bonds is 7. The minimum atomic E-state index is -2.03. The van der Waals surface area contributed by atoms with Gasteiger partial charge in [-0.15, -0.1) is 0 Å². The zero-order valence-electron chi connectivity index (χ0n) is 37.2. The number of Topliss-reactive ketones (excluding diaryl/α,β-unsaturated/α-hetero) is 1. The molecular weight excluding hydrogens is 815 g/mol. The van der Waals surface area contributed by atoms with Crippen LogP contribution in [0.25, 0.3) is 33.3 Å². The molecule has 0 unspecified atom stereocenters. The Balaban J connectivity index is 1.55. The summed E-state index contributed by atoms with van der Waals surface area (Å²) in [7, 11) is 1.44. The van der Waals surface area contributed by atoms with Gasteiger partial charge in [0.2, 0.25) is 5.43 Å². The highest BCUT2D eigenvalue weighted by Gasteiger charge is 2.50. The van der Waals surface area contributed by atoms with E-state index in [9.17, 15) is 34.5 Å². The maximum Gasteiger partial charge on any atom is 0.312 e. The quantitative estimate of drug-likeness (QED) is 0.0614. The molecule has 3 heterocycles. The number of benzene rings is 3. The summed E-state index contributed by atoms with van der Waals surface area (Å²) in [4.78, 5) is 60.4. The number of carbonyl (C=O) groups excluding carboxylic acids is 3. The van der Waals surface area contributed by atoms with Gasteiger partial charge in [-0.2, -0.15) is 0 Å². The third kappa shape index (κ3) is 9.44. The molecule has 0 saturated carbocycles. The molecule has 4 aliphatic rings. The minimum absolute atomic E-state index is 0.0228. The van der Waals surface area contributed by atoms with Crippen molar-refractivity contribution < 1.29 is 57.8 Å². The molecule has 0 radical (unpaired) electrons. The van der Waals surface area contributed by atoms with E-state index in [1.165, 1.54) is 53.2 Å². The molecule has 3 aliphatic heterocycles. The first-order valence-corrected chi connectivity index (χ1v) is 21.0. The first kappa shape index (κ1) is 46.7. The van der Waals surface area contributed by atoms with Crippen molar-refractivity contribution in [3.05, 3.63) is 75.7 Å². The van der Waals surface area contributed by atoms with Gasteiger partial charge >= 0.3 is 11.8 Å². The van der Waals surface area contributed by atoms with Crippen LogP contribution in [-0.2, 0) is 23.8 Å². The summed E-state index contributed by atoms with van der Waals surface area (Å²) in [5, 5.41) is 39.8. The van der Waals surface area contributed by atoms with E-state index < -0.39 is 76.8 Å². The van der Waals surface area contributed by atoms with Crippen molar-refractivity contribution in [2.75, 3.05) is 25.6 Å². The average molecular weight is 872 g/mol. The number of aliphatic hydroxyl groups excluding tert-OH is 2. The number of aromatic hydroxyl groups is 1. The number of amides is 1. The molecule has 16 nitrogen and oxygen atoms in total. The lowest BCUT2D eigenvalue weighted by atomic mass is 9.83. The number of anilines is 1. The summed E-state index contributed by atoms with van der Waals surface area (Å²) in [5.74, 6) is -6.05. The number of phenolic OH excluding ortho intramolecular Hbond substituents is 1. The second kappa shape index (κ2) is 18.9. The second-order valence-corrected chi connectivity index (χ2v) is 16.8.